The number of hydrogen-bond acceptors (Lipinski definition) is 2. The Bertz CT molecular complexity index is 225. The van der Waals surface area contributed by atoms with Crippen LogP contribution in [0.25, 0.3) is 0 Å². The topological polar surface area (TPSA) is 44.4 Å². The normalized spacial score (nSPS) is 23.7. The van der Waals surface area contributed by atoms with Crippen LogP contribution in [0, 0.1) is 5.92 Å². The van der Waals surface area contributed by atoms with Crippen LogP contribution in [0.2, 0.25) is 0 Å². The molecule has 0 aliphatic carbocycles. The zero-order valence-electron chi connectivity index (χ0n) is 8.84. The van der Waals surface area contributed by atoms with E-state index in [0.717, 1.165) is 25.9 Å². The maximum Gasteiger partial charge on any atom is 0.317 e. The molecule has 15 heavy (non-hydrogen) atoms. The molecule has 2 aliphatic rings. The van der Waals surface area contributed by atoms with E-state index in [1.54, 1.807) is 4.90 Å². The monoisotopic (exact) mass is 215 g/mol. The molecule has 2 fully saturated rings. The number of nitrogens with one attached hydrogen (secondary N) is 2. The molecule has 0 aromatic rings. The molecule has 0 aromatic heterocycles. The van der Waals surface area contributed by atoms with Gasteiger partial charge in [0.25, 0.3) is 0 Å². The summed E-state index contributed by atoms with van der Waals surface area (Å²) in [6.45, 7) is 2.88. The van der Waals surface area contributed by atoms with Gasteiger partial charge in [0.1, 0.15) is 0 Å². The van der Waals surface area contributed by atoms with E-state index >= 15 is 0 Å². The highest BCUT2D eigenvalue weighted by molar-refractivity contribution is 5.74. The molecule has 2 saturated heterocycles. The van der Waals surface area contributed by atoms with Crippen molar-refractivity contribution in [3.8, 4) is 0 Å². The summed E-state index contributed by atoms with van der Waals surface area (Å²) in [6, 6.07) is 0.301. The molecule has 0 saturated carbocycles. The first-order valence-electron chi connectivity index (χ1n) is 5.61. The van der Waals surface area contributed by atoms with Crippen molar-refractivity contribution in [3.63, 3.8) is 0 Å². The molecule has 0 unspecified atom stereocenters. The van der Waals surface area contributed by atoms with Gasteiger partial charge in [-0.05, 0) is 18.8 Å². The number of alkyl halides is 1. The molecule has 2 rings (SSSR count). The van der Waals surface area contributed by atoms with Gasteiger partial charge in [0, 0.05) is 26.2 Å². The van der Waals surface area contributed by atoms with Gasteiger partial charge in [0.15, 0.2) is 0 Å². The Labute approximate surface area is 89.2 Å². The number of hydrogen-bond donors (Lipinski definition) is 2. The van der Waals surface area contributed by atoms with Gasteiger partial charge in [-0.3, -0.25) is 4.39 Å². The number of nitrogens with zero attached hydrogens (tertiary/aromatic N) is 1. The fourth-order valence-electron chi connectivity index (χ4n) is 1.95. The highest BCUT2D eigenvalue weighted by Gasteiger charge is 2.25. The van der Waals surface area contributed by atoms with E-state index in [-0.39, 0.29) is 24.7 Å². The van der Waals surface area contributed by atoms with Crippen LogP contribution in [0.4, 0.5) is 9.18 Å². The fourth-order valence-corrected chi connectivity index (χ4v) is 1.95. The van der Waals surface area contributed by atoms with Crippen molar-refractivity contribution in [2.45, 2.75) is 18.9 Å². The third kappa shape index (κ3) is 2.59. The Kier molecular flexibility index (Phi) is 3.41. The molecule has 2 aliphatic heterocycles. The molecule has 86 valence electrons. The summed E-state index contributed by atoms with van der Waals surface area (Å²) < 4.78 is 12.4. The van der Waals surface area contributed by atoms with Crippen molar-refractivity contribution < 1.29 is 9.18 Å². The summed E-state index contributed by atoms with van der Waals surface area (Å²) in [7, 11) is 0. The van der Waals surface area contributed by atoms with E-state index in [1.165, 1.54) is 0 Å². The minimum Gasteiger partial charge on any atom is -0.333 e. The average Bonchev–Trinajstić information content (AvgIpc) is 2.23. The molecule has 2 amide bonds. The Morgan fingerprint density at radius 3 is 2.53 bits per heavy atom. The molecule has 0 spiro atoms. The molecular weight excluding hydrogens is 197 g/mol. The number of amides is 2. The van der Waals surface area contributed by atoms with E-state index < -0.39 is 0 Å². The third-order valence-corrected chi connectivity index (χ3v) is 3.23. The quantitative estimate of drug-likeness (QED) is 0.698. The van der Waals surface area contributed by atoms with Crippen molar-refractivity contribution in [1.82, 2.24) is 15.5 Å². The minimum atomic E-state index is -0.248. The molecule has 0 atom stereocenters. The number of halogens is 1. The van der Waals surface area contributed by atoms with Gasteiger partial charge in [-0.2, -0.15) is 0 Å². The van der Waals surface area contributed by atoms with Gasteiger partial charge in [-0.25, -0.2) is 4.79 Å². The van der Waals surface area contributed by atoms with E-state index in [4.69, 9.17) is 0 Å². The molecule has 5 heteroatoms. The highest BCUT2D eigenvalue weighted by Crippen LogP contribution is 2.17. The second-order valence-corrected chi connectivity index (χ2v) is 4.39. The van der Waals surface area contributed by atoms with Crippen LogP contribution in [0.3, 0.4) is 0 Å². The van der Waals surface area contributed by atoms with Gasteiger partial charge < -0.3 is 15.5 Å². The summed E-state index contributed by atoms with van der Waals surface area (Å²) in [5.41, 5.74) is 0. The zero-order valence-corrected chi connectivity index (χ0v) is 8.84. The van der Waals surface area contributed by atoms with Gasteiger partial charge >= 0.3 is 6.03 Å². The van der Waals surface area contributed by atoms with Crippen molar-refractivity contribution >= 4 is 6.03 Å². The first-order valence-corrected chi connectivity index (χ1v) is 5.61. The second-order valence-electron chi connectivity index (χ2n) is 4.39. The standard InChI is InChI=1S/C10H18FN3O/c11-5-8-1-3-14(4-2-8)10(15)13-9-6-12-7-9/h8-9,12H,1-7H2,(H,13,15). The van der Waals surface area contributed by atoms with Gasteiger partial charge in [0.2, 0.25) is 0 Å². The average molecular weight is 215 g/mol. The van der Waals surface area contributed by atoms with Gasteiger partial charge in [-0.1, -0.05) is 0 Å². The Morgan fingerprint density at radius 1 is 1.40 bits per heavy atom. The Hall–Kier alpha value is -0.840. The largest absolute Gasteiger partial charge is 0.333 e. The first kappa shape index (κ1) is 10.7. The maximum atomic E-state index is 12.4. The lowest BCUT2D eigenvalue weighted by Gasteiger charge is -2.34. The van der Waals surface area contributed by atoms with E-state index in [9.17, 15) is 9.18 Å². The highest BCUT2D eigenvalue weighted by atomic mass is 19.1. The van der Waals surface area contributed by atoms with Crippen LogP contribution in [0.5, 0.6) is 0 Å². The molecule has 2 heterocycles. The zero-order chi connectivity index (χ0) is 10.7. The lowest BCUT2D eigenvalue weighted by atomic mass is 9.99. The summed E-state index contributed by atoms with van der Waals surface area (Å²) in [5, 5.41) is 6.05. The predicted octanol–water partition coefficient (Wildman–Crippen LogP) is 0.349. The van der Waals surface area contributed by atoms with Crippen molar-refractivity contribution in [2.24, 2.45) is 5.92 Å². The lowest BCUT2D eigenvalue weighted by molar-refractivity contribution is 0.155. The molecular formula is C10H18FN3O. The first-order chi connectivity index (χ1) is 7.29. The van der Waals surface area contributed by atoms with Gasteiger partial charge in [-0.15, -0.1) is 0 Å². The fraction of sp³-hybridized carbons (Fsp3) is 0.900. The smallest absolute Gasteiger partial charge is 0.317 e. The number of urea groups is 1. The Morgan fingerprint density at radius 2 is 2.07 bits per heavy atom. The number of carbonyl (C=O) groups excluding carboxylic acids is 1. The third-order valence-electron chi connectivity index (χ3n) is 3.23. The maximum absolute atomic E-state index is 12.4. The number of carbonyl (C=O) groups is 1. The van der Waals surface area contributed by atoms with Crippen molar-refractivity contribution in [1.29, 1.82) is 0 Å². The van der Waals surface area contributed by atoms with Crippen molar-refractivity contribution in [3.05, 3.63) is 0 Å². The minimum absolute atomic E-state index is 0.0128. The summed E-state index contributed by atoms with van der Waals surface area (Å²) in [5.74, 6) is 0.166. The molecule has 0 radical (unpaired) electrons. The summed E-state index contributed by atoms with van der Waals surface area (Å²) in [4.78, 5) is 13.5. The van der Waals surface area contributed by atoms with Gasteiger partial charge in [0.05, 0.1) is 12.7 Å². The van der Waals surface area contributed by atoms with E-state index in [2.05, 4.69) is 10.6 Å². The van der Waals surface area contributed by atoms with Crippen molar-refractivity contribution in [2.75, 3.05) is 32.9 Å². The van der Waals surface area contributed by atoms with E-state index in [0.29, 0.717) is 13.1 Å². The predicted molar refractivity (Wildman–Crippen MR) is 55.5 cm³/mol. The van der Waals surface area contributed by atoms with Crippen LogP contribution in [-0.4, -0.2) is 49.8 Å². The number of piperidine rings is 1. The van der Waals surface area contributed by atoms with Crippen LogP contribution >= 0.6 is 0 Å². The van der Waals surface area contributed by atoms with Crippen LogP contribution < -0.4 is 10.6 Å². The second kappa shape index (κ2) is 4.79. The molecule has 0 aromatic carbocycles. The number of likely N-dealkylation sites (tertiary alicyclic amines) is 1. The van der Waals surface area contributed by atoms with E-state index in [1.807, 2.05) is 0 Å². The Balaban J connectivity index is 1.71. The summed E-state index contributed by atoms with van der Waals surface area (Å²) in [6.07, 6.45) is 1.60. The molecule has 0 bridgehead atoms. The number of rotatable bonds is 2. The summed E-state index contributed by atoms with van der Waals surface area (Å²) >= 11 is 0. The SMILES string of the molecule is O=C(NC1CNC1)N1CCC(CF)CC1. The van der Waals surface area contributed by atoms with Crippen LogP contribution in [-0.2, 0) is 0 Å². The van der Waals surface area contributed by atoms with Crippen LogP contribution in [0.1, 0.15) is 12.8 Å². The molecule has 2 N–H and O–H groups in total. The molecule has 4 nitrogen and oxygen atoms in total. The van der Waals surface area contributed by atoms with Crippen LogP contribution in [0.15, 0.2) is 0 Å². The lowest BCUT2D eigenvalue weighted by Crippen LogP contribution is -2.59.